The van der Waals surface area contributed by atoms with Gasteiger partial charge in [-0.25, -0.2) is 0 Å². The summed E-state index contributed by atoms with van der Waals surface area (Å²) in [5, 5.41) is 24.6. The number of oxime groups is 1. The van der Waals surface area contributed by atoms with Gasteiger partial charge in [0, 0.05) is 31.5 Å². The van der Waals surface area contributed by atoms with Crippen molar-refractivity contribution in [2.45, 2.75) is 24.9 Å². The fourth-order valence-corrected chi connectivity index (χ4v) is 2.22. The van der Waals surface area contributed by atoms with Crippen LogP contribution in [-0.4, -0.2) is 46.5 Å². The van der Waals surface area contributed by atoms with Crippen molar-refractivity contribution in [3.8, 4) is 0 Å². The summed E-state index contributed by atoms with van der Waals surface area (Å²) in [7, 11) is 0. The number of rotatable bonds is 5. The molecule has 1 aromatic heterocycles. The molecule has 0 radical (unpaired) electrons. The molecule has 1 aliphatic heterocycles. The van der Waals surface area contributed by atoms with Crippen LogP contribution in [0.2, 0.25) is 0 Å². The summed E-state index contributed by atoms with van der Waals surface area (Å²) in [5.74, 6) is -0.0187. The van der Waals surface area contributed by atoms with E-state index in [0.717, 1.165) is 18.4 Å². The number of nitrogens with zero attached hydrogens (tertiary/aromatic N) is 2. The number of aliphatic hydroxyl groups excluding tert-OH is 1. The van der Waals surface area contributed by atoms with Crippen LogP contribution in [0.1, 0.15) is 24.1 Å². The zero-order chi connectivity index (χ0) is 14.4. The van der Waals surface area contributed by atoms with Crippen molar-refractivity contribution in [1.29, 1.82) is 0 Å². The molecule has 0 saturated carbocycles. The van der Waals surface area contributed by atoms with Crippen LogP contribution in [0.25, 0.3) is 0 Å². The van der Waals surface area contributed by atoms with Crippen molar-refractivity contribution in [2.75, 3.05) is 19.8 Å². The molecule has 0 bridgehead atoms. The van der Waals surface area contributed by atoms with Crippen LogP contribution in [-0.2, 0) is 11.3 Å². The Morgan fingerprint density at radius 1 is 1.50 bits per heavy atom. The molecule has 1 fully saturated rings. The first-order chi connectivity index (χ1) is 9.69. The van der Waals surface area contributed by atoms with Gasteiger partial charge in [-0.15, -0.1) is 0 Å². The maximum atomic E-state index is 9.60. The third-order valence-electron chi connectivity index (χ3n) is 3.61. The van der Waals surface area contributed by atoms with Crippen molar-refractivity contribution >= 4 is 5.84 Å². The van der Waals surface area contributed by atoms with Gasteiger partial charge in [-0.05, 0) is 30.5 Å². The van der Waals surface area contributed by atoms with Crippen LogP contribution in [0, 0.1) is 0 Å². The monoisotopic (exact) mass is 280 g/mol. The number of ether oxygens (including phenoxy) is 1. The molecule has 20 heavy (non-hydrogen) atoms. The zero-order valence-corrected chi connectivity index (χ0v) is 11.2. The van der Waals surface area contributed by atoms with Crippen LogP contribution in [0.15, 0.2) is 23.5 Å². The Morgan fingerprint density at radius 3 is 2.90 bits per heavy atom. The molecule has 1 saturated heterocycles. The summed E-state index contributed by atoms with van der Waals surface area (Å²) in [4.78, 5) is 4.03. The lowest BCUT2D eigenvalue weighted by Gasteiger charge is -2.36. The molecule has 7 heteroatoms. The fraction of sp³-hybridized carbons (Fsp3) is 0.538. The molecule has 1 aliphatic rings. The molecule has 1 aromatic rings. The second kappa shape index (κ2) is 6.65. The predicted octanol–water partition coefficient (Wildman–Crippen LogP) is -0.193. The molecule has 0 amide bonds. The first-order valence-electron chi connectivity index (χ1n) is 6.55. The number of hydrogen-bond acceptors (Lipinski definition) is 6. The number of amidine groups is 1. The number of nitrogens with one attached hydrogen (secondary N) is 1. The second-order valence-electron chi connectivity index (χ2n) is 4.94. The summed E-state index contributed by atoms with van der Waals surface area (Å²) in [6, 6.07) is 3.61. The van der Waals surface area contributed by atoms with Crippen LogP contribution >= 0.6 is 0 Å². The quantitative estimate of drug-likeness (QED) is 0.257. The highest BCUT2D eigenvalue weighted by Crippen LogP contribution is 2.20. The van der Waals surface area contributed by atoms with E-state index < -0.39 is 0 Å². The van der Waals surface area contributed by atoms with E-state index in [4.69, 9.17) is 15.7 Å². The van der Waals surface area contributed by atoms with Gasteiger partial charge in [-0.1, -0.05) is 5.16 Å². The van der Waals surface area contributed by atoms with Crippen molar-refractivity contribution in [1.82, 2.24) is 10.3 Å². The number of hydrogen-bond donors (Lipinski definition) is 4. The standard InChI is InChI=1S/C13H20N4O3/c14-12(17-19)11-7-10(1-4-15-11)8-16-13(9-18)2-5-20-6-3-13/h1,4,7,16,18-19H,2-3,5-6,8-9H2,(H2,14,17). The third-order valence-corrected chi connectivity index (χ3v) is 3.61. The molecular weight excluding hydrogens is 260 g/mol. The molecule has 0 unspecified atom stereocenters. The SMILES string of the molecule is N/C(=N/O)c1cc(CNC2(CO)CCOCC2)ccn1. The van der Waals surface area contributed by atoms with Crippen molar-refractivity contribution < 1.29 is 15.1 Å². The molecule has 0 aromatic carbocycles. The van der Waals surface area contributed by atoms with Crippen LogP contribution < -0.4 is 11.1 Å². The van der Waals surface area contributed by atoms with E-state index >= 15 is 0 Å². The highest BCUT2D eigenvalue weighted by molar-refractivity contribution is 5.95. The van der Waals surface area contributed by atoms with E-state index in [1.807, 2.05) is 6.07 Å². The maximum absolute atomic E-state index is 9.60. The molecule has 2 rings (SSSR count). The third kappa shape index (κ3) is 3.44. The average molecular weight is 280 g/mol. The smallest absolute Gasteiger partial charge is 0.188 e. The van der Waals surface area contributed by atoms with E-state index in [0.29, 0.717) is 25.5 Å². The fourth-order valence-electron chi connectivity index (χ4n) is 2.22. The van der Waals surface area contributed by atoms with E-state index in [2.05, 4.69) is 15.5 Å². The lowest BCUT2D eigenvalue weighted by atomic mass is 9.91. The highest BCUT2D eigenvalue weighted by Gasteiger charge is 2.31. The highest BCUT2D eigenvalue weighted by atomic mass is 16.5. The summed E-state index contributed by atoms with van der Waals surface area (Å²) in [5.41, 5.74) is 6.61. The summed E-state index contributed by atoms with van der Waals surface area (Å²) >= 11 is 0. The Kier molecular flexibility index (Phi) is 4.89. The molecule has 7 nitrogen and oxygen atoms in total. The minimum atomic E-state index is -0.293. The van der Waals surface area contributed by atoms with E-state index in [-0.39, 0.29) is 18.0 Å². The molecule has 5 N–H and O–H groups in total. The number of nitrogens with two attached hydrogens (primary N) is 1. The van der Waals surface area contributed by atoms with Gasteiger partial charge in [0.1, 0.15) is 5.69 Å². The summed E-state index contributed by atoms with van der Waals surface area (Å²) in [6.07, 6.45) is 3.17. The normalized spacial score (nSPS) is 18.9. The van der Waals surface area contributed by atoms with Gasteiger partial charge in [0.05, 0.1) is 6.61 Å². The number of aromatic nitrogens is 1. The van der Waals surface area contributed by atoms with E-state index in [1.54, 1.807) is 12.3 Å². The maximum Gasteiger partial charge on any atom is 0.188 e. The van der Waals surface area contributed by atoms with E-state index in [1.165, 1.54) is 0 Å². The first kappa shape index (κ1) is 14.7. The van der Waals surface area contributed by atoms with Crippen LogP contribution in [0.4, 0.5) is 0 Å². The molecule has 2 heterocycles. The molecule has 0 atom stereocenters. The average Bonchev–Trinajstić information content (AvgIpc) is 2.53. The van der Waals surface area contributed by atoms with Gasteiger partial charge < -0.3 is 26.1 Å². The molecule has 110 valence electrons. The Balaban J connectivity index is 2.03. The largest absolute Gasteiger partial charge is 0.409 e. The van der Waals surface area contributed by atoms with Gasteiger partial charge in [0.2, 0.25) is 0 Å². The topological polar surface area (TPSA) is 113 Å². The minimum absolute atomic E-state index is 0.0187. The van der Waals surface area contributed by atoms with Gasteiger partial charge in [-0.3, -0.25) is 4.98 Å². The van der Waals surface area contributed by atoms with Crippen molar-refractivity contribution in [2.24, 2.45) is 10.9 Å². The number of aliphatic hydroxyl groups is 1. The Bertz CT molecular complexity index is 472. The second-order valence-corrected chi connectivity index (χ2v) is 4.94. The number of pyridine rings is 1. The van der Waals surface area contributed by atoms with Crippen molar-refractivity contribution in [3.63, 3.8) is 0 Å². The predicted molar refractivity (Wildman–Crippen MR) is 73.5 cm³/mol. The van der Waals surface area contributed by atoms with Crippen molar-refractivity contribution in [3.05, 3.63) is 29.6 Å². The van der Waals surface area contributed by atoms with Gasteiger partial charge in [-0.2, -0.15) is 0 Å². The summed E-state index contributed by atoms with van der Waals surface area (Å²) < 4.78 is 5.32. The Morgan fingerprint density at radius 2 is 2.25 bits per heavy atom. The molecular formula is C13H20N4O3. The Hall–Kier alpha value is -1.70. The van der Waals surface area contributed by atoms with Gasteiger partial charge >= 0.3 is 0 Å². The van der Waals surface area contributed by atoms with E-state index in [9.17, 15) is 5.11 Å². The lowest BCUT2D eigenvalue weighted by Crippen LogP contribution is -2.51. The summed E-state index contributed by atoms with van der Waals surface area (Å²) in [6.45, 7) is 1.96. The minimum Gasteiger partial charge on any atom is -0.409 e. The van der Waals surface area contributed by atoms with Gasteiger partial charge in [0.15, 0.2) is 5.84 Å². The van der Waals surface area contributed by atoms with Crippen LogP contribution in [0.3, 0.4) is 0 Å². The zero-order valence-electron chi connectivity index (χ0n) is 11.2. The van der Waals surface area contributed by atoms with Crippen LogP contribution in [0.5, 0.6) is 0 Å². The molecule has 0 aliphatic carbocycles. The molecule has 0 spiro atoms. The lowest BCUT2D eigenvalue weighted by molar-refractivity contribution is 0.0111. The first-order valence-corrected chi connectivity index (χ1v) is 6.55. The Labute approximate surface area is 117 Å². The van der Waals surface area contributed by atoms with Gasteiger partial charge in [0.25, 0.3) is 0 Å².